The fraction of sp³-hybridized carbons (Fsp3) is 0.533. The maximum absolute atomic E-state index is 12.0. The van der Waals surface area contributed by atoms with Gasteiger partial charge in [-0.05, 0) is 43.5 Å². The smallest absolute Gasteiger partial charge is 0.230 e. The van der Waals surface area contributed by atoms with E-state index in [0.717, 1.165) is 11.3 Å². The third-order valence-electron chi connectivity index (χ3n) is 2.93. The molecule has 0 fully saturated rings. The molecule has 0 saturated carbocycles. The molecule has 20 heavy (non-hydrogen) atoms. The van der Waals surface area contributed by atoms with Crippen molar-refractivity contribution in [2.24, 2.45) is 11.7 Å². The minimum atomic E-state index is -0.328. The number of halogens is 1. The van der Waals surface area contributed by atoms with Crippen molar-refractivity contribution in [2.75, 3.05) is 12.3 Å². The number of nitrogens with two attached hydrogens (primary N) is 1. The van der Waals surface area contributed by atoms with E-state index in [1.54, 1.807) is 0 Å². The molecule has 1 aromatic carbocycles. The van der Waals surface area contributed by atoms with Crippen LogP contribution in [0.15, 0.2) is 29.2 Å². The van der Waals surface area contributed by atoms with Crippen molar-refractivity contribution in [3.63, 3.8) is 0 Å². The van der Waals surface area contributed by atoms with Crippen LogP contribution in [0.3, 0.4) is 0 Å². The number of thioether (sulfide) groups is 1. The van der Waals surface area contributed by atoms with E-state index in [2.05, 4.69) is 19.2 Å². The summed E-state index contributed by atoms with van der Waals surface area (Å²) in [5.41, 5.74) is 5.46. The van der Waals surface area contributed by atoms with Crippen molar-refractivity contribution in [3.8, 4) is 0 Å². The van der Waals surface area contributed by atoms with Crippen LogP contribution in [0.4, 0.5) is 0 Å². The van der Waals surface area contributed by atoms with E-state index in [1.165, 1.54) is 11.8 Å². The summed E-state index contributed by atoms with van der Waals surface area (Å²) >= 11 is 7.32. The molecule has 3 N–H and O–H groups in total. The van der Waals surface area contributed by atoms with Crippen LogP contribution in [0.25, 0.3) is 0 Å². The molecule has 112 valence electrons. The number of amides is 1. The lowest BCUT2D eigenvalue weighted by Gasteiger charge is -2.31. The molecule has 1 rings (SSSR count). The predicted molar refractivity (Wildman–Crippen MR) is 87.2 cm³/mol. The standard InChI is InChI=1S/C15H23ClN2OS/c1-11(2)8-15(3,10-17)18-14(19)9-20-13-6-4-12(16)5-7-13/h4-7,11H,8-10,17H2,1-3H3,(H,18,19). The summed E-state index contributed by atoms with van der Waals surface area (Å²) in [5, 5.41) is 3.75. The molecule has 0 aliphatic rings. The molecule has 5 heteroatoms. The highest BCUT2D eigenvalue weighted by atomic mass is 35.5. The first kappa shape index (κ1) is 17.3. The predicted octanol–water partition coefficient (Wildman–Crippen LogP) is 3.31. The molecule has 1 aromatic rings. The molecular formula is C15H23ClN2OS. The first-order valence-electron chi connectivity index (χ1n) is 6.74. The Kier molecular flexibility index (Phi) is 6.86. The number of nitrogens with one attached hydrogen (secondary N) is 1. The lowest BCUT2D eigenvalue weighted by Crippen LogP contribution is -2.52. The second kappa shape index (κ2) is 7.91. The van der Waals surface area contributed by atoms with Gasteiger partial charge in [0.2, 0.25) is 5.91 Å². The third kappa shape index (κ3) is 6.16. The fourth-order valence-corrected chi connectivity index (χ4v) is 2.96. The molecule has 3 nitrogen and oxygen atoms in total. The van der Waals surface area contributed by atoms with Crippen molar-refractivity contribution in [2.45, 2.75) is 37.6 Å². The highest BCUT2D eigenvalue weighted by Crippen LogP contribution is 2.21. The summed E-state index contributed by atoms with van der Waals surface area (Å²) < 4.78 is 0. The Hall–Kier alpha value is -0.710. The molecule has 0 aromatic heterocycles. The molecule has 0 aliphatic heterocycles. The highest BCUT2D eigenvalue weighted by Gasteiger charge is 2.25. The zero-order valence-corrected chi connectivity index (χ0v) is 13.9. The van der Waals surface area contributed by atoms with E-state index in [0.29, 0.717) is 23.2 Å². The number of hydrogen-bond acceptors (Lipinski definition) is 3. The summed E-state index contributed by atoms with van der Waals surface area (Å²) in [6.45, 7) is 6.70. The molecular weight excluding hydrogens is 292 g/mol. The van der Waals surface area contributed by atoms with Gasteiger partial charge in [0.15, 0.2) is 0 Å². The SMILES string of the molecule is CC(C)CC(C)(CN)NC(=O)CSc1ccc(Cl)cc1. The van der Waals surface area contributed by atoms with Crippen LogP contribution < -0.4 is 11.1 Å². The Labute approximate surface area is 130 Å². The lowest BCUT2D eigenvalue weighted by molar-refractivity contribution is -0.120. The molecule has 0 radical (unpaired) electrons. The van der Waals surface area contributed by atoms with Crippen LogP contribution in [0.2, 0.25) is 5.02 Å². The van der Waals surface area contributed by atoms with Gasteiger partial charge in [-0.15, -0.1) is 11.8 Å². The first-order chi connectivity index (χ1) is 9.34. The molecule has 0 heterocycles. The minimum absolute atomic E-state index is 0.0125. The summed E-state index contributed by atoms with van der Waals surface area (Å²) in [7, 11) is 0. The number of hydrogen-bond donors (Lipinski definition) is 2. The van der Waals surface area contributed by atoms with E-state index in [4.69, 9.17) is 17.3 Å². The zero-order chi connectivity index (χ0) is 15.2. The summed E-state index contributed by atoms with van der Waals surface area (Å²) in [4.78, 5) is 13.1. The number of benzene rings is 1. The van der Waals surface area contributed by atoms with Crippen LogP contribution in [0.5, 0.6) is 0 Å². The van der Waals surface area contributed by atoms with Crippen molar-refractivity contribution >= 4 is 29.3 Å². The van der Waals surface area contributed by atoms with Crippen molar-refractivity contribution in [1.29, 1.82) is 0 Å². The Morgan fingerprint density at radius 2 is 2.00 bits per heavy atom. The minimum Gasteiger partial charge on any atom is -0.349 e. The van der Waals surface area contributed by atoms with Crippen LogP contribution in [0.1, 0.15) is 27.2 Å². The van der Waals surface area contributed by atoms with E-state index >= 15 is 0 Å². The van der Waals surface area contributed by atoms with E-state index in [1.807, 2.05) is 31.2 Å². The van der Waals surface area contributed by atoms with Crippen molar-refractivity contribution in [3.05, 3.63) is 29.3 Å². The molecule has 0 bridgehead atoms. The van der Waals surface area contributed by atoms with Crippen LogP contribution in [-0.4, -0.2) is 23.7 Å². The van der Waals surface area contributed by atoms with E-state index in [9.17, 15) is 4.79 Å². The van der Waals surface area contributed by atoms with Gasteiger partial charge < -0.3 is 11.1 Å². The van der Waals surface area contributed by atoms with Gasteiger partial charge in [-0.2, -0.15) is 0 Å². The normalized spacial score (nSPS) is 14.1. The molecule has 0 spiro atoms. The number of carbonyl (C=O) groups excluding carboxylic acids is 1. The van der Waals surface area contributed by atoms with E-state index < -0.39 is 0 Å². The Balaban J connectivity index is 2.48. The molecule has 1 unspecified atom stereocenters. The Morgan fingerprint density at radius 3 is 2.50 bits per heavy atom. The van der Waals surface area contributed by atoms with Gasteiger partial charge in [-0.1, -0.05) is 25.4 Å². The van der Waals surface area contributed by atoms with Gasteiger partial charge in [0.25, 0.3) is 0 Å². The first-order valence-corrected chi connectivity index (χ1v) is 8.10. The third-order valence-corrected chi connectivity index (χ3v) is 4.20. The zero-order valence-electron chi connectivity index (χ0n) is 12.3. The Morgan fingerprint density at radius 1 is 1.40 bits per heavy atom. The average molecular weight is 315 g/mol. The van der Waals surface area contributed by atoms with Gasteiger partial charge >= 0.3 is 0 Å². The maximum atomic E-state index is 12.0. The van der Waals surface area contributed by atoms with Crippen LogP contribution in [-0.2, 0) is 4.79 Å². The topological polar surface area (TPSA) is 55.1 Å². The van der Waals surface area contributed by atoms with Gasteiger partial charge in [0, 0.05) is 22.0 Å². The number of rotatable bonds is 7. The Bertz CT molecular complexity index is 436. The van der Waals surface area contributed by atoms with Gasteiger partial charge in [-0.3, -0.25) is 4.79 Å². The van der Waals surface area contributed by atoms with Gasteiger partial charge in [-0.25, -0.2) is 0 Å². The van der Waals surface area contributed by atoms with Gasteiger partial charge in [0.05, 0.1) is 5.75 Å². The van der Waals surface area contributed by atoms with Crippen LogP contribution in [0, 0.1) is 5.92 Å². The van der Waals surface area contributed by atoms with Crippen LogP contribution >= 0.6 is 23.4 Å². The maximum Gasteiger partial charge on any atom is 0.230 e. The summed E-state index contributed by atoms with van der Waals surface area (Å²) in [6.07, 6.45) is 0.876. The molecule has 1 atom stereocenters. The average Bonchev–Trinajstić information content (AvgIpc) is 2.37. The number of carbonyl (C=O) groups is 1. The highest BCUT2D eigenvalue weighted by molar-refractivity contribution is 8.00. The monoisotopic (exact) mass is 314 g/mol. The van der Waals surface area contributed by atoms with Crippen molar-refractivity contribution < 1.29 is 4.79 Å². The van der Waals surface area contributed by atoms with E-state index in [-0.39, 0.29) is 11.4 Å². The second-order valence-electron chi connectivity index (χ2n) is 5.65. The lowest BCUT2D eigenvalue weighted by atomic mass is 9.91. The second-order valence-corrected chi connectivity index (χ2v) is 7.14. The fourth-order valence-electron chi connectivity index (χ4n) is 2.14. The molecule has 0 saturated heterocycles. The quantitative estimate of drug-likeness (QED) is 0.759. The largest absolute Gasteiger partial charge is 0.349 e. The summed E-state index contributed by atoms with van der Waals surface area (Å²) in [5.74, 6) is 0.890. The molecule has 0 aliphatic carbocycles. The van der Waals surface area contributed by atoms with Gasteiger partial charge in [0.1, 0.15) is 0 Å². The van der Waals surface area contributed by atoms with Crippen molar-refractivity contribution in [1.82, 2.24) is 5.32 Å². The summed E-state index contributed by atoms with van der Waals surface area (Å²) in [6, 6.07) is 7.47. The molecule has 1 amide bonds.